The van der Waals surface area contributed by atoms with Crippen LogP contribution in [-0.4, -0.2) is 62.2 Å². The number of ether oxygens (including phenoxy) is 2. The number of aromatic amines is 1. The smallest absolute Gasteiger partial charge is 0.231 e. The molecule has 36 heavy (non-hydrogen) atoms. The fourth-order valence-electron chi connectivity index (χ4n) is 4.34. The summed E-state index contributed by atoms with van der Waals surface area (Å²) in [6, 6.07) is 5.66. The van der Waals surface area contributed by atoms with E-state index in [0.717, 1.165) is 30.8 Å². The lowest BCUT2D eigenvalue weighted by Gasteiger charge is -2.23. The molecule has 186 valence electrons. The average molecular weight is 490 g/mol. The van der Waals surface area contributed by atoms with Gasteiger partial charge in [-0.2, -0.15) is 15.1 Å². The normalized spacial score (nSPS) is 17.5. The largest absolute Gasteiger partial charge is 0.475 e. The van der Waals surface area contributed by atoms with Crippen molar-refractivity contribution < 1.29 is 14.0 Å². The summed E-state index contributed by atoms with van der Waals surface area (Å²) in [6.45, 7) is 1.62. The van der Waals surface area contributed by atoms with E-state index in [0.29, 0.717) is 54.0 Å². The molecule has 0 spiro atoms. The molecule has 0 bridgehead atoms. The molecule has 2 aliphatic rings. The summed E-state index contributed by atoms with van der Waals surface area (Å²) in [5.41, 5.74) is 2.46. The molecule has 1 saturated carbocycles. The Morgan fingerprint density at radius 3 is 2.86 bits per heavy atom. The van der Waals surface area contributed by atoms with Crippen molar-refractivity contribution in [1.29, 1.82) is 0 Å². The van der Waals surface area contributed by atoms with Gasteiger partial charge >= 0.3 is 0 Å². The molecule has 4 aromatic heterocycles. The van der Waals surface area contributed by atoms with Crippen molar-refractivity contribution in [1.82, 2.24) is 35.3 Å². The number of nitrogens with zero attached hydrogens (tertiary/aromatic N) is 7. The first-order chi connectivity index (χ1) is 17.8. The fraction of sp³-hybridized carbons (Fsp3) is 0.417. The fourth-order valence-corrected chi connectivity index (χ4v) is 4.34. The van der Waals surface area contributed by atoms with Crippen LogP contribution in [0.15, 0.2) is 41.3 Å². The molecule has 0 radical (unpaired) electrons. The zero-order chi connectivity index (χ0) is 24.3. The van der Waals surface area contributed by atoms with Crippen LogP contribution in [0, 0.1) is 0 Å². The molecule has 5 heterocycles. The van der Waals surface area contributed by atoms with E-state index in [4.69, 9.17) is 24.0 Å². The average Bonchev–Trinajstić information content (AvgIpc) is 3.27. The van der Waals surface area contributed by atoms with E-state index < -0.39 is 0 Å². The van der Waals surface area contributed by atoms with Gasteiger partial charge in [-0.1, -0.05) is 5.16 Å². The van der Waals surface area contributed by atoms with Gasteiger partial charge in [-0.25, -0.2) is 0 Å². The summed E-state index contributed by atoms with van der Waals surface area (Å²) >= 11 is 0. The minimum Gasteiger partial charge on any atom is -0.475 e. The standard InChI is InChI=1S/C24H27N9O3/c1-34-9-10-35-23-13-21(27-22-12-16(30-31-22)15-4-5-15)28-24(29-23)33-8-2-3-19(33)20-11-17(32-36-20)18-14-25-6-7-26-18/h6-7,11-15,19H,2-5,8-10H2,1H3,(H2,27,28,29,30,31). The highest BCUT2D eigenvalue weighted by atomic mass is 16.5. The van der Waals surface area contributed by atoms with E-state index in [1.807, 2.05) is 12.1 Å². The van der Waals surface area contributed by atoms with Crippen molar-refractivity contribution in [2.45, 2.75) is 37.6 Å². The summed E-state index contributed by atoms with van der Waals surface area (Å²) in [7, 11) is 1.64. The van der Waals surface area contributed by atoms with Crippen LogP contribution in [0.3, 0.4) is 0 Å². The summed E-state index contributed by atoms with van der Waals surface area (Å²) in [5, 5.41) is 15.0. The SMILES string of the molecule is COCCOc1cc(Nc2cc(C3CC3)[nH]n2)nc(N2CCCC2c2cc(-c3cnccn3)no2)n1. The first kappa shape index (κ1) is 22.4. The molecule has 1 aliphatic carbocycles. The number of methoxy groups -OCH3 is 1. The lowest BCUT2D eigenvalue weighted by molar-refractivity contribution is 0.143. The molecule has 1 aliphatic heterocycles. The molecule has 12 heteroatoms. The number of anilines is 3. The summed E-state index contributed by atoms with van der Waals surface area (Å²) in [4.78, 5) is 20.1. The Morgan fingerprint density at radius 2 is 2.03 bits per heavy atom. The van der Waals surface area contributed by atoms with E-state index in [9.17, 15) is 0 Å². The van der Waals surface area contributed by atoms with E-state index in [-0.39, 0.29) is 6.04 Å². The maximum Gasteiger partial charge on any atom is 0.231 e. The van der Waals surface area contributed by atoms with Crippen LogP contribution in [0.2, 0.25) is 0 Å². The third kappa shape index (κ3) is 4.85. The quantitative estimate of drug-likeness (QED) is 0.316. The van der Waals surface area contributed by atoms with Gasteiger partial charge in [0.2, 0.25) is 11.8 Å². The van der Waals surface area contributed by atoms with Gasteiger partial charge in [0.05, 0.1) is 18.8 Å². The molecule has 4 aromatic rings. The number of H-pyrrole nitrogens is 1. The van der Waals surface area contributed by atoms with Crippen molar-refractivity contribution in [2.75, 3.05) is 37.1 Å². The highest BCUT2D eigenvalue weighted by Gasteiger charge is 2.32. The third-order valence-corrected chi connectivity index (χ3v) is 6.29. The van der Waals surface area contributed by atoms with Gasteiger partial charge in [0.25, 0.3) is 0 Å². The van der Waals surface area contributed by atoms with Gasteiger partial charge in [-0.3, -0.25) is 15.1 Å². The van der Waals surface area contributed by atoms with Crippen molar-refractivity contribution in [3.05, 3.63) is 48.2 Å². The Kier molecular flexibility index (Phi) is 6.16. The Morgan fingerprint density at radius 1 is 1.08 bits per heavy atom. The van der Waals surface area contributed by atoms with E-state index in [1.165, 1.54) is 12.8 Å². The molecular formula is C24H27N9O3. The Balaban J connectivity index is 1.27. The minimum atomic E-state index is -0.0585. The molecule has 6 rings (SSSR count). The number of hydrogen-bond donors (Lipinski definition) is 2. The second-order valence-corrected chi connectivity index (χ2v) is 8.90. The van der Waals surface area contributed by atoms with Gasteiger partial charge in [-0.15, -0.1) is 0 Å². The Bertz CT molecular complexity index is 1310. The first-order valence-electron chi connectivity index (χ1n) is 12.1. The molecule has 1 unspecified atom stereocenters. The monoisotopic (exact) mass is 489 g/mol. The van der Waals surface area contributed by atoms with Gasteiger partial charge in [0, 0.05) is 55.9 Å². The van der Waals surface area contributed by atoms with Crippen LogP contribution in [0.1, 0.15) is 49.1 Å². The second kappa shape index (κ2) is 9.90. The molecule has 0 amide bonds. The van der Waals surface area contributed by atoms with Crippen molar-refractivity contribution in [2.24, 2.45) is 0 Å². The Hall–Kier alpha value is -4.06. The highest BCUT2D eigenvalue weighted by molar-refractivity contribution is 5.57. The number of nitrogens with one attached hydrogen (secondary N) is 2. The summed E-state index contributed by atoms with van der Waals surface area (Å²) < 4.78 is 16.7. The highest BCUT2D eigenvalue weighted by Crippen LogP contribution is 2.40. The van der Waals surface area contributed by atoms with E-state index in [1.54, 1.807) is 31.8 Å². The zero-order valence-corrected chi connectivity index (χ0v) is 19.9. The van der Waals surface area contributed by atoms with Crippen molar-refractivity contribution in [3.8, 4) is 17.3 Å². The van der Waals surface area contributed by atoms with Crippen molar-refractivity contribution >= 4 is 17.6 Å². The molecule has 1 atom stereocenters. The zero-order valence-electron chi connectivity index (χ0n) is 19.9. The molecule has 2 fully saturated rings. The van der Waals surface area contributed by atoms with Crippen LogP contribution in [-0.2, 0) is 4.74 Å². The molecule has 1 saturated heterocycles. The van der Waals surface area contributed by atoms with Crippen LogP contribution in [0.4, 0.5) is 17.6 Å². The lowest BCUT2D eigenvalue weighted by Crippen LogP contribution is -2.25. The first-order valence-corrected chi connectivity index (χ1v) is 12.1. The Labute approximate surface area is 207 Å². The molecule has 0 aromatic carbocycles. The van der Waals surface area contributed by atoms with Crippen LogP contribution >= 0.6 is 0 Å². The predicted molar refractivity (Wildman–Crippen MR) is 130 cm³/mol. The van der Waals surface area contributed by atoms with Gasteiger partial charge in [-0.05, 0) is 25.7 Å². The molecule has 12 nitrogen and oxygen atoms in total. The van der Waals surface area contributed by atoms with Crippen LogP contribution in [0.5, 0.6) is 5.88 Å². The lowest BCUT2D eigenvalue weighted by atomic mass is 10.1. The van der Waals surface area contributed by atoms with Crippen molar-refractivity contribution in [3.63, 3.8) is 0 Å². The van der Waals surface area contributed by atoms with Crippen LogP contribution in [0.25, 0.3) is 11.4 Å². The van der Waals surface area contributed by atoms with Gasteiger partial charge in [0.15, 0.2) is 11.6 Å². The van der Waals surface area contributed by atoms with E-state index in [2.05, 4.69) is 35.5 Å². The summed E-state index contributed by atoms with van der Waals surface area (Å²) in [5.74, 6) is 3.64. The number of rotatable bonds is 10. The number of hydrogen-bond acceptors (Lipinski definition) is 11. The topological polar surface area (TPSA) is 140 Å². The third-order valence-electron chi connectivity index (χ3n) is 6.29. The molecular weight excluding hydrogens is 462 g/mol. The van der Waals surface area contributed by atoms with Gasteiger partial charge < -0.3 is 24.2 Å². The maximum absolute atomic E-state index is 5.86. The maximum atomic E-state index is 5.86. The number of aromatic nitrogens is 7. The van der Waals surface area contributed by atoms with E-state index >= 15 is 0 Å². The minimum absolute atomic E-state index is 0.0585. The summed E-state index contributed by atoms with van der Waals surface area (Å²) in [6.07, 6.45) is 9.19. The van der Waals surface area contributed by atoms with Gasteiger partial charge in [0.1, 0.15) is 23.8 Å². The molecule has 2 N–H and O–H groups in total. The van der Waals surface area contributed by atoms with Crippen LogP contribution < -0.4 is 15.0 Å². The predicted octanol–water partition coefficient (Wildman–Crippen LogP) is 3.63. The second-order valence-electron chi connectivity index (χ2n) is 8.90.